The summed E-state index contributed by atoms with van der Waals surface area (Å²) in [7, 11) is 0. The van der Waals surface area contributed by atoms with Gasteiger partial charge < -0.3 is 15.2 Å². The summed E-state index contributed by atoms with van der Waals surface area (Å²) in [6, 6.07) is 7.91. The number of amides is 1. The van der Waals surface area contributed by atoms with Crippen LogP contribution in [0.25, 0.3) is 0 Å². The van der Waals surface area contributed by atoms with Crippen LogP contribution in [-0.4, -0.2) is 26.8 Å². The first-order valence-electron chi connectivity index (χ1n) is 7.53. The minimum Gasteiger partial charge on any atom is -0.398 e. The van der Waals surface area contributed by atoms with E-state index in [9.17, 15) is 14.9 Å². The molecule has 1 aromatic heterocycles. The lowest BCUT2D eigenvalue weighted by Gasteiger charge is -2.36. The summed E-state index contributed by atoms with van der Waals surface area (Å²) >= 11 is 0. The van der Waals surface area contributed by atoms with E-state index in [4.69, 9.17) is 5.73 Å². The predicted octanol–water partition coefficient (Wildman–Crippen LogP) is 2.59. The molecule has 3 rings (SSSR count). The third-order valence-corrected chi connectivity index (χ3v) is 4.29. The van der Waals surface area contributed by atoms with Gasteiger partial charge in [0.2, 0.25) is 0 Å². The first kappa shape index (κ1) is 15.1. The standard InChI is InChI=1S/C16H18N4O3/c1-2-14-15-4-3-7-18(15)8-9-19(14)16(21)12-10-11(20(22)23)5-6-13(12)17/h3-7,10,14H,2,8-9,17H2,1H3. The SMILES string of the molecule is CCC1c2cccn2CCN1C(=O)c1cc([N+](=O)[O-])ccc1N. The highest BCUT2D eigenvalue weighted by Crippen LogP contribution is 2.31. The molecular formula is C16H18N4O3. The van der Waals surface area contributed by atoms with Gasteiger partial charge in [-0.1, -0.05) is 6.92 Å². The van der Waals surface area contributed by atoms with Crippen molar-refractivity contribution in [2.75, 3.05) is 12.3 Å². The number of nitrogen functional groups attached to an aromatic ring is 1. The number of benzene rings is 1. The van der Waals surface area contributed by atoms with Crippen LogP contribution in [0.1, 0.15) is 35.4 Å². The molecule has 0 radical (unpaired) electrons. The second-order valence-corrected chi connectivity index (χ2v) is 5.58. The molecule has 1 aliphatic heterocycles. The number of nitrogens with two attached hydrogens (primary N) is 1. The van der Waals surface area contributed by atoms with Crippen molar-refractivity contribution < 1.29 is 9.72 Å². The molecule has 1 unspecified atom stereocenters. The maximum absolute atomic E-state index is 12.9. The maximum Gasteiger partial charge on any atom is 0.270 e. The zero-order chi connectivity index (χ0) is 16.6. The van der Waals surface area contributed by atoms with Crippen molar-refractivity contribution in [2.45, 2.75) is 25.9 Å². The zero-order valence-electron chi connectivity index (χ0n) is 12.8. The fourth-order valence-corrected chi connectivity index (χ4v) is 3.13. The van der Waals surface area contributed by atoms with Crippen LogP contribution in [0.2, 0.25) is 0 Å². The summed E-state index contributed by atoms with van der Waals surface area (Å²) in [5.41, 5.74) is 7.29. The minimum atomic E-state index is -0.519. The van der Waals surface area contributed by atoms with Crippen LogP contribution in [0.15, 0.2) is 36.5 Å². The van der Waals surface area contributed by atoms with Gasteiger partial charge in [0.15, 0.2) is 0 Å². The van der Waals surface area contributed by atoms with Crippen LogP contribution in [-0.2, 0) is 6.54 Å². The fourth-order valence-electron chi connectivity index (χ4n) is 3.13. The number of nitro groups is 1. The lowest BCUT2D eigenvalue weighted by Crippen LogP contribution is -2.41. The monoisotopic (exact) mass is 314 g/mol. The van der Waals surface area contributed by atoms with Gasteiger partial charge in [-0.2, -0.15) is 0 Å². The molecule has 120 valence electrons. The van der Waals surface area contributed by atoms with Crippen molar-refractivity contribution in [3.8, 4) is 0 Å². The van der Waals surface area contributed by atoms with Crippen LogP contribution in [0.5, 0.6) is 0 Å². The van der Waals surface area contributed by atoms with Crippen LogP contribution >= 0.6 is 0 Å². The summed E-state index contributed by atoms with van der Waals surface area (Å²) in [6.45, 7) is 3.28. The Morgan fingerprint density at radius 3 is 2.87 bits per heavy atom. The van der Waals surface area contributed by atoms with E-state index >= 15 is 0 Å². The number of nitrogens with zero attached hydrogens (tertiary/aromatic N) is 3. The maximum atomic E-state index is 12.9. The molecule has 23 heavy (non-hydrogen) atoms. The molecule has 1 amide bonds. The third-order valence-electron chi connectivity index (χ3n) is 4.29. The molecule has 0 bridgehead atoms. The van der Waals surface area contributed by atoms with E-state index in [2.05, 4.69) is 4.57 Å². The van der Waals surface area contributed by atoms with Crippen LogP contribution < -0.4 is 5.73 Å². The van der Waals surface area contributed by atoms with E-state index < -0.39 is 4.92 Å². The van der Waals surface area contributed by atoms with Gasteiger partial charge in [0.1, 0.15) is 0 Å². The second kappa shape index (κ2) is 5.75. The van der Waals surface area contributed by atoms with Gasteiger partial charge in [0.05, 0.1) is 16.5 Å². The number of aromatic nitrogens is 1. The number of non-ortho nitro benzene ring substituents is 1. The highest BCUT2D eigenvalue weighted by atomic mass is 16.6. The average Bonchev–Trinajstić information content (AvgIpc) is 3.02. The summed E-state index contributed by atoms with van der Waals surface area (Å²) in [5, 5.41) is 10.9. The van der Waals surface area contributed by atoms with Gasteiger partial charge in [-0.15, -0.1) is 0 Å². The lowest BCUT2D eigenvalue weighted by molar-refractivity contribution is -0.384. The molecule has 0 aliphatic carbocycles. The number of fused-ring (bicyclic) bond motifs is 1. The van der Waals surface area contributed by atoms with Gasteiger partial charge in [-0.25, -0.2) is 0 Å². The number of hydrogen-bond acceptors (Lipinski definition) is 4. The van der Waals surface area contributed by atoms with Crippen LogP contribution in [0.4, 0.5) is 11.4 Å². The highest BCUT2D eigenvalue weighted by Gasteiger charge is 2.31. The van der Waals surface area contributed by atoms with E-state index in [1.807, 2.05) is 25.3 Å². The zero-order valence-corrected chi connectivity index (χ0v) is 12.8. The number of anilines is 1. The molecule has 0 saturated carbocycles. The van der Waals surface area contributed by atoms with E-state index in [0.717, 1.165) is 12.1 Å². The molecule has 7 nitrogen and oxygen atoms in total. The molecule has 0 fully saturated rings. The van der Waals surface area contributed by atoms with E-state index in [1.54, 1.807) is 4.90 Å². The Morgan fingerprint density at radius 1 is 1.39 bits per heavy atom. The first-order chi connectivity index (χ1) is 11.0. The fraction of sp³-hybridized carbons (Fsp3) is 0.312. The van der Waals surface area contributed by atoms with Gasteiger partial charge in [0, 0.05) is 42.8 Å². The Hall–Kier alpha value is -2.83. The smallest absolute Gasteiger partial charge is 0.270 e. The Bertz CT molecular complexity index is 768. The van der Waals surface area contributed by atoms with Crippen molar-refractivity contribution >= 4 is 17.3 Å². The largest absolute Gasteiger partial charge is 0.398 e. The molecule has 2 aromatic rings. The number of carbonyl (C=O) groups excluding carboxylic acids is 1. The molecule has 2 heterocycles. The van der Waals surface area contributed by atoms with Crippen LogP contribution in [0.3, 0.4) is 0 Å². The molecule has 2 N–H and O–H groups in total. The molecule has 1 aromatic carbocycles. The molecule has 1 aliphatic rings. The van der Waals surface area contributed by atoms with Crippen molar-refractivity contribution in [2.24, 2.45) is 0 Å². The topological polar surface area (TPSA) is 94.4 Å². The number of carbonyl (C=O) groups is 1. The summed E-state index contributed by atoms with van der Waals surface area (Å²) < 4.78 is 2.13. The molecule has 0 spiro atoms. The Morgan fingerprint density at radius 2 is 2.17 bits per heavy atom. The molecule has 0 saturated heterocycles. The van der Waals surface area contributed by atoms with Crippen LogP contribution in [0, 0.1) is 10.1 Å². The van der Waals surface area contributed by atoms with Crippen molar-refractivity contribution in [1.82, 2.24) is 9.47 Å². The molecular weight excluding hydrogens is 296 g/mol. The third kappa shape index (κ3) is 2.54. The second-order valence-electron chi connectivity index (χ2n) is 5.58. The van der Waals surface area contributed by atoms with Crippen molar-refractivity contribution in [3.63, 3.8) is 0 Å². The normalized spacial score (nSPS) is 16.9. The predicted molar refractivity (Wildman–Crippen MR) is 86.0 cm³/mol. The van der Waals surface area contributed by atoms with E-state index in [-0.39, 0.29) is 28.9 Å². The number of hydrogen-bond donors (Lipinski definition) is 1. The summed E-state index contributed by atoms with van der Waals surface area (Å²) in [4.78, 5) is 25.1. The average molecular weight is 314 g/mol. The highest BCUT2D eigenvalue weighted by molar-refractivity contribution is 6.00. The van der Waals surface area contributed by atoms with Crippen molar-refractivity contribution in [3.05, 3.63) is 57.9 Å². The van der Waals surface area contributed by atoms with Gasteiger partial charge in [0.25, 0.3) is 11.6 Å². The molecule has 7 heteroatoms. The van der Waals surface area contributed by atoms with Gasteiger partial charge in [-0.05, 0) is 24.6 Å². The Balaban J connectivity index is 1.97. The summed E-state index contributed by atoms with van der Waals surface area (Å²) in [5.74, 6) is -0.259. The van der Waals surface area contributed by atoms with Gasteiger partial charge in [-0.3, -0.25) is 14.9 Å². The Labute approximate surface area is 133 Å². The lowest BCUT2D eigenvalue weighted by atomic mass is 10.0. The first-order valence-corrected chi connectivity index (χ1v) is 7.53. The van der Waals surface area contributed by atoms with E-state index in [0.29, 0.717) is 13.1 Å². The minimum absolute atomic E-state index is 0.0510. The molecule has 1 atom stereocenters. The number of rotatable bonds is 3. The quantitative estimate of drug-likeness (QED) is 0.535. The van der Waals surface area contributed by atoms with E-state index in [1.165, 1.54) is 18.2 Å². The Kier molecular flexibility index (Phi) is 3.77. The van der Waals surface area contributed by atoms with Crippen molar-refractivity contribution in [1.29, 1.82) is 0 Å². The number of nitro benzene ring substituents is 1. The van der Waals surface area contributed by atoms with Gasteiger partial charge >= 0.3 is 0 Å². The summed E-state index contributed by atoms with van der Waals surface area (Å²) in [6.07, 6.45) is 2.77.